The second-order valence-corrected chi connectivity index (χ2v) is 6.19. The maximum atomic E-state index is 3.46. The second-order valence-electron chi connectivity index (χ2n) is 5.28. The summed E-state index contributed by atoms with van der Waals surface area (Å²) in [7, 11) is 0. The van der Waals surface area contributed by atoms with Gasteiger partial charge < -0.3 is 5.32 Å². The molecule has 0 spiro atoms. The standard InChI is InChI=1S/C16H22N2S.2ClH/c1-2-5-15(18-10-8-17-9-11-18)14-12-19-16-7-4-3-6-13(14)16;;/h3-4,6-7,12,15,17H,2,5,8-11H2,1H3;2*1H/t15-;;/m1../s1. The van der Waals surface area contributed by atoms with Crippen molar-refractivity contribution < 1.29 is 0 Å². The first-order valence-corrected chi connectivity index (χ1v) is 8.19. The first kappa shape index (κ1) is 18.7. The van der Waals surface area contributed by atoms with E-state index in [1.807, 2.05) is 11.3 Å². The number of piperazine rings is 1. The van der Waals surface area contributed by atoms with Crippen molar-refractivity contribution in [2.75, 3.05) is 26.2 Å². The number of halogens is 2. The maximum Gasteiger partial charge on any atom is 0.0363 e. The Labute approximate surface area is 143 Å². The van der Waals surface area contributed by atoms with Gasteiger partial charge in [0, 0.05) is 36.9 Å². The average Bonchev–Trinajstić information content (AvgIpc) is 2.89. The molecule has 1 N–H and O–H groups in total. The van der Waals surface area contributed by atoms with Crippen molar-refractivity contribution in [1.82, 2.24) is 10.2 Å². The number of benzene rings is 1. The van der Waals surface area contributed by atoms with Crippen molar-refractivity contribution in [2.45, 2.75) is 25.8 Å². The Morgan fingerprint density at radius 1 is 1.19 bits per heavy atom. The summed E-state index contributed by atoms with van der Waals surface area (Å²) in [6, 6.07) is 9.43. The highest BCUT2D eigenvalue weighted by Crippen LogP contribution is 2.35. The first-order valence-electron chi connectivity index (χ1n) is 7.31. The van der Waals surface area contributed by atoms with Gasteiger partial charge in [-0.05, 0) is 28.8 Å². The molecule has 0 saturated carbocycles. The molecule has 2 heterocycles. The van der Waals surface area contributed by atoms with Crippen molar-refractivity contribution in [2.24, 2.45) is 0 Å². The van der Waals surface area contributed by atoms with Gasteiger partial charge in [-0.25, -0.2) is 0 Å². The fraction of sp³-hybridized carbons (Fsp3) is 0.500. The minimum absolute atomic E-state index is 0. The summed E-state index contributed by atoms with van der Waals surface area (Å²) in [5, 5.41) is 7.30. The van der Waals surface area contributed by atoms with Crippen LogP contribution in [0.1, 0.15) is 31.4 Å². The predicted octanol–water partition coefficient (Wildman–Crippen LogP) is 4.49. The number of fused-ring (bicyclic) bond motifs is 1. The predicted molar refractivity (Wildman–Crippen MR) is 98.4 cm³/mol. The van der Waals surface area contributed by atoms with Crippen LogP contribution in [0, 0.1) is 0 Å². The van der Waals surface area contributed by atoms with E-state index in [4.69, 9.17) is 0 Å². The van der Waals surface area contributed by atoms with Crippen LogP contribution in [0.4, 0.5) is 0 Å². The van der Waals surface area contributed by atoms with Gasteiger partial charge in [0.1, 0.15) is 0 Å². The van der Waals surface area contributed by atoms with Gasteiger partial charge in [0.05, 0.1) is 0 Å². The first-order chi connectivity index (χ1) is 9.40. The van der Waals surface area contributed by atoms with Crippen LogP contribution in [0.25, 0.3) is 10.1 Å². The van der Waals surface area contributed by atoms with Crippen LogP contribution in [0.15, 0.2) is 29.6 Å². The van der Waals surface area contributed by atoms with Gasteiger partial charge in [-0.15, -0.1) is 36.2 Å². The van der Waals surface area contributed by atoms with Gasteiger partial charge in [0.15, 0.2) is 0 Å². The normalized spacial score (nSPS) is 17.0. The Morgan fingerprint density at radius 2 is 1.90 bits per heavy atom. The molecule has 5 heteroatoms. The lowest BCUT2D eigenvalue weighted by Crippen LogP contribution is -2.45. The Kier molecular flexibility index (Phi) is 7.99. The summed E-state index contributed by atoms with van der Waals surface area (Å²) in [4.78, 5) is 2.66. The van der Waals surface area contributed by atoms with Crippen molar-refractivity contribution in [3.8, 4) is 0 Å². The molecule has 1 atom stereocenters. The van der Waals surface area contributed by atoms with Crippen LogP contribution in [0.5, 0.6) is 0 Å². The maximum absolute atomic E-state index is 3.46. The Balaban J connectivity index is 0.00000110. The average molecular weight is 347 g/mol. The molecule has 2 aromatic rings. The zero-order valence-corrected chi connectivity index (χ0v) is 14.8. The van der Waals surface area contributed by atoms with Crippen LogP contribution < -0.4 is 5.32 Å². The number of rotatable bonds is 4. The van der Waals surface area contributed by atoms with E-state index in [2.05, 4.69) is 46.8 Å². The number of hydrogen-bond acceptors (Lipinski definition) is 3. The molecule has 0 unspecified atom stereocenters. The van der Waals surface area contributed by atoms with E-state index >= 15 is 0 Å². The molecule has 1 fully saturated rings. The third-order valence-electron chi connectivity index (χ3n) is 4.02. The lowest BCUT2D eigenvalue weighted by atomic mass is 9.99. The molecular formula is C16H24Cl2N2S. The van der Waals surface area contributed by atoms with Crippen molar-refractivity contribution >= 4 is 46.2 Å². The molecule has 0 amide bonds. The lowest BCUT2D eigenvalue weighted by molar-refractivity contribution is 0.166. The molecule has 118 valence electrons. The van der Waals surface area contributed by atoms with E-state index in [9.17, 15) is 0 Å². The molecule has 0 bridgehead atoms. The highest BCUT2D eigenvalue weighted by molar-refractivity contribution is 7.17. The molecule has 1 saturated heterocycles. The van der Waals surface area contributed by atoms with E-state index in [0.29, 0.717) is 6.04 Å². The van der Waals surface area contributed by atoms with Gasteiger partial charge in [0.25, 0.3) is 0 Å². The molecule has 1 aromatic carbocycles. The number of nitrogens with zero attached hydrogens (tertiary/aromatic N) is 1. The highest BCUT2D eigenvalue weighted by Gasteiger charge is 2.23. The fourth-order valence-corrected chi connectivity index (χ4v) is 4.07. The second kappa shape index (κ2) is 8.96. The van der Waals surface area contributed by atoms with E-state index in [1.165, 1.54) is 36.0 Å². The third-order valence-corrected chi connectivity index (χ3v) is 5.01. The highest BCUT2D eigenvalue weighted by atomic mass is 35.5. The van der Waals surface area contributed by atoms with Gasteiger partial charge >= 0.3 is 0 Å². The molecular weight excluding hydrogens is 323 g/mol. The zero-order valence-electron chi connectivity index (χ0n) is 12.4. The summed E-state index contributed by atoms with van der Waals surface area (Å²) in [5.41, 5.74) is 1.55. The summed E-state index contributed by atoms with van der Waals surface area (Å²) in [6.45, 7) is 6.90. The minimum atomic E-state index is 0. The summed E-state index contributed by atoms with van der Waals surface area (Å²) in [5.74, 6) is 0. The molecule has 1 aromatic heterocycles. The molecule has 21 heavy (non-hydrogen) atoms. The largest absolute Gasteiger partial charge is 0.314 e. The summed E-state index contributed by atoms with van der Waals surface area (Å²) < 4.78 is 1.42. The van der Waals surface area contributed by atoms with Crippen LogP contribution in [0.2, 0.25) is 0 Å². The summed E-state index contributed by atoms with van der Waals surface area (Å²) >= 11 is 1.89. The van der Waals surface area contributed by atoms with Crippen molar-refractivity contribution in [1.29, 1.82) is 0 Å². The molecule has 1 aliphatic heterocycles. The van der Waals surface area contributed by atoms with Crippen LogP contribution in [-0.4, -0.2) is 31.1 Å². The Hall–Kier alpha value is -0.320. The zero-order chi connectivity index (χ0) is 13.1. The quantitative estimate of drug-likeness (QED) is 0.877. The molecule has 3 rings (SSSR count). The van der Waals surface area contributed by atoms with Crippen molar-refractivity contribution in [3.05, 3.63) is 35.2 Å². The fourth-order valence-electron chi connectivity index (χ4n) is 3.06. The Bertz CT molecular complexity index is 538. The third kappa shape index (κ3) is 4.11. The molecule has 2 nitrogen and oxygen atoms in total. The van der Waals surface area contributed by atoms with Crippen LogP contribution in [0.3, 0.4) is 0 Å². The van der Waals surface area contributed by atoms with Gasteiger partial charge in [0.2, 0.25) is 0 Å². The SMILES string of the molecule is CCC[C@H](c1csc2ccccc12)N1CCNCC1.Cl.Cl. The molecule has 1 aliphatic rings. The monoisotopic (exact) mass is 346 g/mol. The van der Waals surface area contributed by atoms with Crippen LogP contribution >= 0.6 is 36.2 Å². The lowest BCUT2D eigenvalue weighted by Gasteiger charge is -2.35. The van der Waals surface area contributed by atoms with Gasteiger partial charge in [-0.1, -0.05) is 31.5 Å². The smallest absolute Gasteiger partial charge is 0.0363 e. The molecule has 0 aliphatic carbocycles. The minimum Gasteiger partial charge on any atom is -0.314 e. The van der Waals surface area contributed by atoms with E-state index in [0.717, 1.165) is 13.1 Å². The van der Waals surface area contributed by atoms with E-state index < -0.39 is 0 Å². The Morgan fingerprint density at radius 3 is 2.62 bits per heavy atom. The van der Waals surface area contributed by atoms with Gasteiger partial charge in [-0.3, -0.25) is 4.90 Å². The molecule has 0 radical (unpaired) electrons. The van der Waals surface area contributed by atoms with E-state index in [1.54, 1.807) is 5.56 Å². The summed E-state index contributed by atoms with van der Waals surface area (Å²) in [6.07, 6.45) is 2.51. The topological polar surface area (TPSA) is 15.3 Å². The van der Waals surface area contributed by atoms with E-state index in [-0.39, 0.29) is 24.8 Å². The number of hydrogen-bond donors (Lipinski definition) is 1. The van der Waals surface area contributed by atoms with Crippen LogP contribution in [-0.2, 0) is 0 Å². The van der Waals surface area contributed by atoms with Crippen molar-refractivity contribution in [3.63, 3.8) is 0 Å². The number of nitrogens with one attached hydrogen (secondary N) is 1. The number of thiophene rings is 1. The van der Waals surface area contributed by atoms with Gasteiger partial charge in [-0.2, -0.15) is 0 Å².